The van der Waals surface area contributed by atoms with Crippen LogP contribution in [0.4, 0.5) is 0 Å². The number of carbonyl (C=O) groups excluding carboxylic acids is 2. The standard InChI is InChI=1S/C23H25NO4S2/c1-16(15-29-21(25)12-17-8-4-2-5-9-17)22(26)24-14-19(13-20(24)23(27)28)30-18-10-6-3-7-11-18/h2-11,16,19-20H,12-15H2,1H3,(H,27,28)/t16?,19?,20-/m0/s1. The second-order valence-corrected chi connectivity index (χ2v) is 9.83. The molecule has 2 aromatic carbocycles. The average Bonchev–Trinajstić information content (AvgIpc) is 3.17. The molecule has 1 saturated heterocycles. The quantitative estimate of drug-likeness (QED) is 0.665. The van der Waals surface area contributed by atoms with Gasteiger partial charge in [-0.15, -0.1) is 11.8 Å². The first kappa shape index (κ1) is 22.4. The third-order valence-corrected chi connectivity index (χ3v) is 7.34. The van der Waals surface area contributed by atoms with E-state index >= 15 is 0 Å². The zero-order valence-electron chi connectivity index (χ0n) is 16.8. The molecule has 0 saturated carbocycles. The number of hydrogen-bond acceptors (Lipinski definition) is 5. The minimum absolute atomic E-state index is 0.00886. The molecule has 7 heteroatoms. The number of amides is 1. The molecule has 1 heterocycles. The Hall–Kier alpha value is -2.25. The maximum atomic E-state index is 13.0. The Kier molecular flexibility index (Phi) is 7.99. The first-order valence-corrected chi connectivity index (χ1v) is 11.7. The van der Waals surface area contributed by atoms with Crippen LogP contribution in [0.2, 0.25) is 0 Å². The Morgan fingerprint density at radius 3 is 2.33 bits per heavy atom. The molecule has 1 amide bonds. The maximum Gasteiger partial charge on any atom is 0.326 e. The minimum Gasteiger partial charge on any atom is -0.480 e. The van der Waals surface area contributed by atoms with Crippen molar-refractivity contribution in [2.45, 2.75) is 36.0 Å². The van der Waals surface area contributed by atoms with Crippen LogP contribution in [0, 0.1) is 5.92 Å². The molecule has 2 aromatic rings. The fourth-order valence-electron chi connectivity index (χ4n) is 3.44. The van der Waals surface area contributed by atoms with Gasteiger partial charge in [0.15, 0.2) is 5.12 Å². The van der Waals surface area contributed by atoms with E-state index in [2.05, 4.69) is 0 Å². The Balaban J connectivity index is 1.55. The fourth-order valence-corrected chi connectivity index (χ4v) is 5.50. The number of carboxylic acids is 1. The van der Waals surface area contributed by atoms with Crippen molar-refractivity contribution in [3.05, 3.63) is 66.2 Å². The molecule has 3 atom stereocenters. The van der Waals surface area contributed by atoms with Gasteiger partial charge >= 0.3 is 5.97 Å². The van der Waals surface area contributed by atoms with Crippen LogP contribution >= 0.6 is 23.5 Å². The van der Waals surface area contributed by atoms with Crippen LogP contribution in [-0.4, -0.2) is 50.6 Å². The third-order valence-electron chi connectivity index (χ3n) is 4.98. The number of aliphatic carboxylic acids is 1. The summed E-state index contributed by atoms with van der Waals surface area (Å²) in [6.45, 7) is 2.17. The van der Waals surface area contributed by atoms with Crippen LogP contribution in [0.25, 0.3) is 0 Å². The highest BCUT2D eigenvalue weighted by Gasteiger charge is 2.41. The highest BCUT2D eigenvalue weighted by atomic mass is 32.2. The lowest BCUT2D eigenvalue weighted by Gasteiger charge is -2.24. The molecule has 5 nitrogen and oxygen atoms in total. The third kappa shape index (κ3) is 6.12. The predicted octanol–water partition coefficient (Wildman–Crippen LogP) is 3.97. The van der Waals surface area contributed by atoms with Gasteiger partial charge < -0.3 is 10.0 Å². The lowest BCUT2D eigenvalue weighted by atomic mass is 10.1. The SMILES string of the molecule is CC(CSC(=O)Cc1ccccc1)C(=O)N1CC(Sc2ccccc2)C[C@H]1C(=O)O. The molecule has 158 valence electrons. The average molecular weight is 444 g/mol. The van der Waals surface area contributed by atoms with Gasteiger partial charge in [-0.25, -0.2) is 4.79 Å². The fraction of sp³-hybridized carbons (Fsp3) is 0.348. The first-order valence-electron chi connectivity index (χ1n) is 9.88. The van der Waals surface area contributed by atoms with Gasteiger partial charge in [-0.05, 0) is 24.1 Å². The number of hydrogen-bond donors (Lipinski definition) is 1. The summed E-state index contributed by atoms with van der Waals surface area (Å²) in [5.41, 5.74) is 0.945. The van der Waals surface area contributed by atoms with E-state index in [0.717, 1.165) is 22.2 Å². The van der Waals surface area contributed by atoms with Crippen LogP contribution in [0.1, 0.15) is 18.9 Å². The molecule has 2 unspecified atom stereocenters. The topological polar surface area (TPSA) is 74.7 Å². The van der Waals surface area contributed by atoms with Crippen molar-refractivity contribution in [1.29, 1.82) is 0 Å². The largest absolute Gasteiger partial charge is 0.480 e. The second-order valence-electron chi connectivity index (χ2n) is 7.38. The monoisotopic (exact) mass is 443 g/mol. The lowest BCUT2D eigenvalue weighted by molar-refractivity contribution is -0.149. The summed E-state index contributed by atoms with van der Waals surface area (Å²) in [6, 6.07) is 18.5. The number of likely N-dealkylation sites (tertiary alicyclic amines) is 1. The molecule has 1 aliphatic rings. The first-order chi connectivity index (χ1) is 14.4. The summed E-state index contributed by atoms with van der Waals surface area (Å²) in [4.78, 5) is 39.5. The van der Waals surface area contributed by atoms with Gasteiger partial charge in [0, 0.05) is 34.8 Å². The molecule has 1 fully saturated rings. The molecule has 1 N–H and O–H groups in total. The predicted molar refractivity (Wildman–Crippen MR) is 121 cm³/mol. The molecular weight excluding hydrogens is 418 g/mol. The van der Waals surface area contributed by atoms with Gasteiger partial charge in [0.2, 0.25) is 5.91 Å². The van der Waals surface area contributed by atoms with Gasteiger partial charge in [0.1, 0.15) is 6.04 Å². The van der Waals surface area contributed by atoms with E-state index in [1.807, 2.05) is 60.7 Å². The Labute approximate surface area is 185 Å². The Morgan fingerprint density at radius 1 is 1.07 bits per heavy atom. The van der Waals surface area contributed by atoms with Gasteiger partial charge in [0.25, 0.3) is 0 Å². The molecule has 0 spiro atoms. The van der Waals surface area contributed by atoms with Gasteiger partial charge in [-0.3, -0.25) is 9.59 Å². The van der Waals surface area contributed by atoms with Crippen LogP contribution in [0.15, 0.2) is 65.6 Å². The molecule has 0 radical (unpaired) electrons. The summed E-state index contributed by atoms with van der Waals surface area (Å²) >= 11 is 2.75. The number of benzene rings is 2. The van der Waals surface area contributed by atoms with Crippen LogP contribution < -0.4 is 0 Å². The summed E-state index contributed by atoms with van der Waals surface area (Å²) < 4.78 is 0. The number of carbonyl (C=O) groups is 3. The summed E-state index contributed by atoms with van der Waals surface area (Å²) in [6.07, 6.45) is 0.747. The van der Waals surface area contributed by atoms with E-state index < -0.39 is 17.9 Å². The molecule has 1 aliphatic heterocycles. The molecule has 0 aliphatic carbocycles. The van der Waals surface area contributed by atoms with Crippen LogP contribution in [-0.2, 0) is 20.8 Å². The molecule has 30 heavy (non-hydrogen) atoms. The Bertz CT molecular complexity index is 875. The van der Waals surface area contributed by atoms with Crippen molar-refractivity contribution in [3.63, 3.8) is 0 Å². The van der Waals surface area contributed by atoms with E-state index in [1.54, 1.807) is 18.7 Å². The second kappa shape index (κ2) is 10.7. The van der Waals surface area contributed by atoms with E-state index in [1.165, 1.54) is 4.90 Å². The summed E-state index contributed by atoms with van der Waals surface area (Å²) in [5, 5.41) is 9.67. The Morgan fingerprint density at radius 2 is 1.70 bits per heavy atom. The van der Waals surface area contributed by atoms with Crippen molar-refractivity contribution in [2.75, 3.05) is 12.3 Å². The maximum absolute atomic E-state index is 13.0. The molecule has 0 bridgehead atoms. The zero-order valence-corrected chi connectivity index (χ0v) is 18.4. The smallest absolute Gasteiger partial charge is 0.326 e. The van der Waals surface area contributed by atoms with Crippen molar-refractivity contribution in [1.82, 2.24) is 4.90 Å². The van der Waals surface area contributed by atoms with E-state index in [0.29, 0.717) is 25.1 Å². The number of nitrogens with zero attached hydrogens (tertiary/aromatic N) is 1. The van der Waals surface area contributed by atoms with Crippen molar-refractivity contribution < 1.29 is 19.5 Å². The number of rotatable bonds is 8. The number of carboxylic acid groups (broad SMARTS) is 1. The highest BCUT2D eigenvalue weighted by molar-refractivity contribution is 8.13. The van der Waals surface area contributed by atoms with Gasteiger partial charge in [-0.1, -0.05) is 67.2 Å². The molecule has 0 aromatic heterocycles. The van der Waals surface area contributed by atoms with Gasteiger partial charge in [-0.2, -0.15) is 0 Å². The van der Waals surface area contributed by atoms with E-state index in [4.69, 9.17) is 0 Å². The van der Waals surface area contributed by atoms with Crippen molar-refractivity contribution in [3.8, 4) is 0 Å². The lowest BCUT2D eigenvalue weighted by Crippen LogP contribution is -2.43. The van der Waals surface area contributed by atoms with E-state index in [-0.39, 0.29) is 16.3 Å². The van der Waals surface area contributed by atoms with Crippen molar-refractivity contribution in [2.24, 2.45) is 5.92 Å². The molecule has 3 rings (SSSR count). The van der Waals surface area contributed by atoms with Crippen LogP contribution in [0.3, 0.4) is 0 Å². The van der Waals surface area contributed by atoms with Crippen LogP contribution in [0.5, 0.6) is 0 Å². The minimum atomic E-state index is -0.973. The zero-order chi connectivity index (χ0) is 21.5. The van der Waals surface area contributed by atoms with Gasteiger partial charge in [0.05, 0.1) is 0 Å². The molecular formula is C23H25NO4S2. The normalized spacial score (nSPS) is 19.4. The highest BCUT2D eigenvalue weighted by Crippen LogP contribution is 2.34. The van der Waals surface area contributed by atoms with Crippen molar-refractivity contribution >= 4 is 40.5 Å². The number of thioether (sulfide) groups is 2. The van der Waals surface area contributed by atoms with E-state index in [9.17, 15) is 19.5 Å². The summed E-state index contributed by atoms with van der Waals surface area (Å²) in [5.74, 6) is -1.24. The summed E-state index contributed by atoms with van der Waals surface area (Å²) in [7, 11) is 0.